The Morgan fingerprint density at radius 1 is 1.21 bits per heavy atom. The number of benzene rings is 2. The number of carbonyl (C=O) groups is 1. The molecule has 19 heavy (non-hydrogen) atoms. The van der Waals surface area contributed by atoms with E-state index >= 15 is 0 Å². The first-order valence-electron chi connectivity index (χ1n) is 5.23. The fourth-order valence-corrected chi connectivity index (χ4v) is 2.01. The smallest absolute Gasteiger partial charge is 0.337 e. The number of carboxylic acid groups (broad SMARTS) is 1. The van der Waals surface area contributed by atoms with Gasteiger partial charge in [0.2, 0.25) is 0 Å². The molecule has 0 heterocycles. The van der Waals surface area contributed by atoms with Crippen molar-refractivity contribution in [2.75, 3.05) is 5.32 Å². The number of nitrogens with one attached hydrogen (secondary N) is 1. The van der Waals surface area contributed by atoms with Crippen molar-refractivity contribution in [3.8, 4) is 0 Å². The summed E-state index contributed by atoms with van der Waals surface area (Å²) in [6.45, 7) is 0. The minimum absolute atomic E-state index is 0.140. The summed E-state index contributed by atoms with van der Waals surface area (Å²) < 4.78 is 13.7. The summed E-state index contributed by atoms with van der Waals surface area (Å²) in [6, 6.07) is 8.39. The Hall–Kier alpha value is -1.78. The molecule has 0 amide bonds. The Bertz CT molecular complexity index is 647. The molecule has 0 saturated carbocycles. The molecule has 0 radical (unpaired) electrons. The molecule has 3 nitrogen and oxygen atoms in total. The van der Waals surface area contributed by atoms with Crippen LogP contribution < -0.4 is 5.32 Å². The van der Waals surface area contributed by atoms with Crippen LogP contribution in [0.25, 0.3) is 0 Å². The maximum Gasteiger partial charge on any atom is 0.337 e. The van der Waals surface area contributed by atoms with Crippen LogP contribution >= 0.6 is 23.2 Å². The van der Waals surface area contributed by atoms with E-state index in [9.17, 15) is 9.18 Å². The maximum atomic E-state index is 13.7. The summed E-state index contributed by atoms with van der Waals surface area (Å²) in [5, 5.41) is 12.4. The van der Waals surface area contributed by atoms with Gasteiger partial charge >= 0.3 is 5.97 Å². The van der Waals surface area contributed by atoms with Crippen LogP contribution in [-0.4, -0.2) is 11.1 Å². The van der Waals surface area contributed by atoms with Crippen molar-refractivity contribution in [1.82, 2.24) is 0 Å². The van der Waals surface area contributed by atoms with Crippen molar-refractivity contribution in [2.45, 2.75) is 0 Å². The Labute approximate surface area is 118 Å². The first-order chi connectivity index (χ1) is 8.99. The van der Waals surface area contributed by atoms with E-state index < -0.39 is 11.8 Å². The number of hydrogen-bond acceptors (Lipinski definition) is 2. The Morgan fingerprint density at radius 3 is 2.58 bits per heavy atom. The highest BCUT2D eigenvalue weighted by Gasteiger charge is 2.15. The van der Waals surface area contributed by atoms with Gasteiger partial charge in [-0.25, -0.2) is 9.18 Å². The van der Waals surface area contributed by atoms with E-state index in [0.29, 0.717) is 10.7 Å². The number of hydrogen-bond donors (Lipinski definition) is 2. The molecule has 0 aliphatic carbocycles. The van der Waals surface area contributed by atoms with Gasteiger partial charge in [-0.15, -0.1) is 0 Å². The van der Waals surface area contributed by atoms with Crippen molar-refractivity contribution >= 4 is 40.5 Å². The lowest BCUT2D eigenvalue weighted by molar-refractivity contribution is 0.0697. The number of anilines is 2. The molecule has 0 aliphatic heterocycles. The molecular weight excluding hydrogens is 292 g/mol. The van der Waals surface area contributed by atoms with Crippen molar-refractivity contribution in [3.63, 3.8) is 0 Å². The zero-order valence-corrected chi connectivity index (χ0v) is 11.0. The average Bonchev–Trinajstić information content (AvgIpc) is 2.34. The van der Waals surface area contributed by atoms with Crippen LogP contribution in [0.4, 0.5) is 15.8 Å². The molecule has 0 saturated heterocycles. The van der Waals surface area contributed by atoms with E-state index in [4.69, 9.17) is 28.3 Å². The molecule has 0 atom stereocenters. The van der Waals surface area contributed by atoms with E-state index in [1.165, 1.54) is 24.3 Å². The van der Waals surface area contributed by atoms with Crippen molar-refractivity contribution in [3.05, 3.63) is 57.8 Å². The molecule has 2 aromatic carbocycles. The molecule has 0 aliphatic rings. The number of carboxylic acids is 1. The van der Waals surface area contributed by atoms with Gasteiger partial charge < -0.3 is 10.4 Å². The van der Waals surface area contributed by atoms with Crippen molar-refractivity contribution in [2.24, 2.45) is 0 Å². The van der Waals surface area contributed by atoms with Gasteiger partial charge in [0.1, 0.15) is 5.82 Å². The number of para-hydroxylation sites is 1. The Kier molecular flexibility index (Phi) is 3.93. The minimum Gasteiger partial charge on any atom is -0.478 e. The van der Waals surface area contributed by atoms with Gasteiger partial charge in [-0.1, -0.05) is 29.3 Å². The molecule has 0 unspecified atom stereocenters. The summed E-state index contributed by atoms with van der Waals surface area (Å²) in [5.41, 5.74) is 0.0592. The van der Waals surface area contributed by atoms with Crippen LogP contribution in [0.2, 0.25) is 10.0 Å². The normalized spacial score (nSPS) is 10.3. The third kappa shape index (κ3) is 2.97. The van der Waals surface area contributed by atoms with E-state index in [2.05, 4.69) is 5.32 Å². The van der Waals surface area contributed by atoms with Gasteiger partial charge in [0.25, 0.3) is 0 Å². The number of halogens is 3. The second-order valence-corrected chi connectivity index (χ2v) is 4.56. The Morgan fingerprint density at radius 2 is 1.95 bits per heavy atom. The van der Waals surface area contributed by atoms with Crippen molar-refractivity contribution in [1.29, 1.82) is 0 Å². The highest BCUT2D eigenvalue weighted by molar-refractivity contribution is 6.36. The molecular formula is C13H8Cl2FNO2. The summed E-state index contributed by atoms with van der Waals surface area (Å²) in [5.74, 6) is -1.90. The van der Waals surface area contributed by atoms with Crippen molar-refractivity contribution < 1.29 is 14.3 Å². The zero-order chi connectivity index (χ0) is 14.0. The monoisotopic (exact) mass is 299 g/mol. The third-order valence-corrected chi connectivity index (χ3v) is 2.98. The zero-order valence-electron chi connectivity index (χ0n) is 9.45. The Balaban J connectivity index is 2.46. The lowest BCUT2D eigenvalue weighted by Crippen LogP contribution is -2.05. The number of rotatable bonds is 3. The van der Waals surface area contributed by atoms with Crippen LogP contribution in [0.5, 0.6) is 0 Å². The first-order valence-corrected chi connectivity index (χ1v) is 5.98. The molecule has 2 N–H and O–H groups in total. The van der Waals surface area contributed by atoms with Gasteiger partial charge in [-0.2, -0.15) is 0 Å². The van der Waals surface area contributed by atoms with Crippen LogP contribution in [0, 0.1) is 5.82 Å². The van der Waals surface area contributed by atoms with Gasteiger partial charge in [0.15, 0.2) is 0 Å². The lowest BCUT2D eigenvalue weighted by atomic mass is 10.1. The average molecular weight is 300 g/mol. The quantitative estimate of drug-likeness (QED) is 0.872. The second-order valence-electron chi connectivity index (χ2n) is 3.72. The second kappa shape index (κ2) is 5.47. The maximum absolute atomic E-state index is 13.7. The summed E-state index contributed by atoms with van der Waals surface area (Å²) in [4.78, 5) is 11.0. The highest BCUT2D eigenvalue weighted by Crippen LogP contribution is 2.30. The van der Waals surface area contributed by atoms with E-state index in [0.717, 1.165) is 0 Å². The lowest BCUT2D eigenvalue weighted by Gasteiger charge is -2.12. The molecule has 2 aromatic rings. The standard InChI is InChI=1S/C13H8Cl2FNO2/c14-7-4-5-11(9(15)6-7)17-12-8(13(18)19)2-1-3-10(12)16/h1-6,17H,(H,18,19). The van der Waals surface area contributed by atoms with Gasteiger partial charge in [-0.05, 0) is 30.3 Å². The fourth-order valence-electron chi connectivity index (χ4n) is 1.55. The van der Waals surface area contributed by atoms with Crippen LogP contribution in [0.3, 0.4) is 0 Å². The van der Waals surface area contributed by atoms with Gasteiger partial charge in [0, 0.05) is 5.02 Å². The predicted molar refractivity (Wildman–Crippen MR) is 73.1 cm³/mol. The number of aromatic carboxylic acids is 1. The topological polar surface area (TPSA) is 49.3 Å². The van der Waals surface area contributed by atoms with Crippen LogP contribution in [0.1, 0.15) is 10.4 Å². The molecule has 0 spiro atoms. The molecule has 6 heteroatoms. The molecule has 0 aromatic heterocycles. The van der Waals surface area contributed by atoms with E-state index in [1.807, 2.05) is 0 Å². The van der Waals surface area contributed by atoms with Gasteiger partial charge in [0.05, 0.1) is 22.0 Å². The SMILES string of the molecule is O=C(O)c1cccc(F)c1Nc1ccc(Cl)cc1Cl. The highest BCUT2D eigenvalue weighted by atomic mass is 35.5. The van der Waals surface area contributed by atoms with Crippen LogP contribution in [-0.2, 0) is 0 Å². The third-order valence-electron chi connectivity index (χ3n) is 2.43. The van der Waals surface area contributed by atoms with E-state index in [1.54, 1.807) is 12.1 Å². The fraction of sp³-hybridized carbons (Fsp3) is 0. The van der Waals surface area contributed by atoms with Crippen LogP contribution in [0.15, 0.2) is 36.4 Å². The summed E-state index contributed by atoms with van der Waals surface area (Å²) >= 11 is 11.7. The predicted octanol–water partition coefficient (Wildman–Crippen LogP) is 4.57. The molecule has 0 fully saturated rings. The minimum atomic E-state index is -1.23. The summed E-state index contributed by atoms with van der Waals surface area (Å²) in [7, 11) is 0. The molecule has 0 bridgehead atoms. The summed E-state index contributed by atoms with van der Waals surface area (Å²) in [6.07, 6.45) is 0. The molecule has 98 valence electrons. The molecule has 2 rings (SSSR count). The van der Waals surface area contributed by atoms with Gasteiger partial charge in [-0.3, -0.25) is 0 Å². The van der Waals surface area contributed by atoms with E-state index in [-0.39, 0.29) is 16.3 Å². The largest absolute Gasteiger partial charge is 0.478 e. The first kappa shape index (κ1) is 13.6.